The Balaban J connectivity index is 2.58. The van der Waals surface area contributed by atoms with E-state index in [2.05, 4.69) is 5.32 Å². The molecule has 0 fully saturated rings. The molecule has 1 aromatic rings. The van der Waals surface area contributed by atoms with Gasteiger partial charge < -0.3 is 16.0 Å². The van der Waals surface area contributed by atoms with Gasteiger partial charge in [-0.05, 0) is 24.6 Å². The molecule has 1 aromatic carbocycles. The maximum absolute atomic E-state index is 11.4. The van der Waals surface area contributed by atoms with Crippen molar-refractivity contribution in [3.05, 3.63) is 29.8 Å². The Morgan fingerprint density at radius 3 is 2.87 bits per heavy atom. The van der Waals surface area contributed by atoms with E-state index in [4.69, 9.17) is 5.73 Å². The van der Waals surface area contributed by atoms with E-state index in [0.717, 1.165) is 11.3 Å². The fourth-order valence-electron chi connectivity index (χ4n) is 1.32. The Morgan fingerprint density at radius 2 is 2.27 bits per heavy atom. The fraction of sp³-hybridized carbons (Fsp3) is 0.364. The molecule has 0 atom stereocenters. The average molecular weight is 207 g/mol. The van der Waals surface area contributed by atoms with Gasteiger partial charge in [0.1, 0.15) is 0 Å². The van der Waals surface area contributed by atoms with Gasteiger partial charge in [-0.15, -0.1) is 0 Å². The number of nitrogens with one attached hydrogen (secondary N) is 1. The SMILES string of the molecule is CCNC(=O)N(C)Cc1cccc(N)c1. The van der Waals surface area contributed by atoms with Crippen LogP contribution in [0.4, 0.5) is 10.5 Å². The first-order chi connectivity index (χ1) is 7.13. The summed E-state index contributed by atoms with van der Waals surface area (Å²) >= 11 is 0. The van der Waals surface area contributed by atoms with Crippen LogP contribution in [-0.4, -0.2) is 24.5 Å². The molecule has 0 bridgehead atoms. The van der Waals surface area contributed by atoms with Crippen molar-refractivity contribution in [3.63, 3.8) is 0 Å². The summed E-state index contributed by atoms with van der Waals surface area (Å²) in [5.41, 5.74) is 7.40. The zero-order chi connectivity index (χ0) is 11.3. The van der Waals surface area contributed by atoms with Crippen LogP contribution in [0.25, 0.3) is 0 Å². The van der Waals surface area contributed by atoms with E-state index in [9.17, 15) is 4.79 Å². The highest BCUT2D eigenvalue weighted by molar-refractivity contribution is 5.73. The molecule has 15 heavy (non-hydrogen) atoms. The van der Waals surface area contributed by atoms with Crippen LogP contribution in [0, 0.1) is 0 Å². The Hall–Kier alpha value is -1.71. The molecule has 0 saturated carbocycles. The number of hydrogen-bond acceptors (Lipinski definition) is 2. The summed E-state index contributed by atoms with van der Waals surface area (Å²) in [5, 5.41) is 2.74. The van der Waals surface area contributed by atoms with Gasteiger partial charge in [0.2, 0.25) is 0 Å². The molecule has 0 aliphatic rings. The standard InChI is InChI=1S/C11H17N3O/c1-3-13-11(15)14(2)8-9-5-4-6-10(12)7-9/h4-7H,3,8,12H2,1-2H3,(H,13,15). The summed E-state index contributed by atoms with van der Waals surface area (Å²) in [7, 11) is 1.76. The molecule has 0 aliphatic heterocycles. The monoisotopic (exact) mass is 207 g/mol. The Kier molecular flexibility index (Phi) is 3.97. The van der Waals surface area contributed by atoms with Crippen LogP contribution in [0.2, 0.25) is 0 Å². The highest BCUT2D eigenvalue weighted by atomic mass is 16.2. The van der Waals surface area contributed by atoms with Crippen LogP contribution in [0.5, 0.6) is 0 Å². The quantitative estimate of drug-likeness (QED) is 0.737. The maximum Gasteiger partial charge on any atom is 0.317 e. The Bertz CT molecular complexity index is 338. The van der Waals surface area contributed by atoms with Crippen LogP contribution in [0.1, 0.15) is 12.5 Å². The summed E-state index contributed by atoms with van der Waals surface area (Å²) in [6.07, 6.45) is 0. The van der Waals surface area contributed by atoms with Gasteiger partial charge in [-0.3, -0.25) is 0 Å². The topological polar surface area (TPSA) is 58.4 Å². The molecule has 3 N–H and O–H groups in total. The third kappa shape index (κ3) is 3.50. The number of hydrogen-bond donors (Lipinski definition) is 2. The summed E-state index contributed by atoms with van der Waals surface area (Å²) in [5.74, 6) is 0. The van der Waals surface area contributed by atoms with E-state index in [-0.39, 0.29) is 6.03 Å². The van der Waals surface area contributed by atoms with Crippen molar-refractivity contribution in [2.75, 3.05) is 19.3 Å². The van der Waals surface area contributed by atoms with E-state index in [1.807, 2.05) is 31.2 Å². The number of carbonyl (C=O) groups is 1. The van der Waals surface area contributed by atoms with Gasteiger partial charge >= 0.3 is 6.03 Å². The van der Waals surface area contributed by atoms with Crippen LogP contribution >= 0.6 is 0 Å². The van der Waals surface area contributed by atoms with Crippen molar-refractivity contribution >= 4 is 11.7 Å². The van der Waals surface area contributed by atoms with Gasteiger partial charge in [-0.25, -0.2) is 4.79 Å². The minimum Gasteiger partial charge on any atom is -0.399 e. The lowest BCUT2D eigenvalue weighted by Crippen LogP contribution is -2.36. The number of urea groups is 1. The van der Waals surface area contributed by atoms with E-state index in [0.29, 0.717) is 13.1 Å². The minimum absolute atomic E-state index is 0.0695. The van der Waals surface area contributed by atoms with Gasteiger partial charge in [-0.1, -0.05) is 12.1 Å². The number of anilines is 1. The predicted molar refractivity (Wildman–Crippen MR) is 61.4 cm³/mol. The third-order valence-corrected chi connectivity index (χ3v) is 2.05. The largest absolute Gasteiger partial charge is 0.399 e. The van der Waals surface area contributed by atoms with Crippen molar-refractivity contribution < 1.29 is 4.79 Å². The first kappa shape index (κ1) is 11.4. The zero-order valence-electron chi connectivity index (χ0n) is 9.16. The van der Waals surface area contributed by atoms with E-state index in [1.54, 1.807) is 11.9 Å². The van der Waals surface area contributed by atoms with Crippen molar-refractivity contribution in [1.82, 2.24) is 10.2 Å². The molecule has 0 aromatic heterocycles. The normalized spacial score (nSPS) is 9.73. The van der Waals surface area contributed by atoms with Gasteiger partial charge in [0, 0.05) is 25.8 Å². The van der Waals surface area contributed by atoms with Gasteiger partial charge in [0.05, 0.1) is 0 Å². The number of benzene rings is 1. The number of nitrogens with two attached hydrogens (primary N) is 1. The highest BCUT2D eigenvalue weighted by Gasteiger charge is 2.06. The summed E-state index contributed by atoms with van der Waals surface area (Å²) in [4.78, 5) is 13.0. The summed E-state index contributed by atoms with van der Waals surface area (Å²) in [6.45, 7) is 3.10. The fourth-order valence-corrected chi connectivity index (χ4v) is 1.32. The van der Waals surface area contributed by atoms with Crippen molar-refractivity contribution in [1.29, 1.82) is 0 Å². The number of rotatable bonds is 3. The molecular weight excluding hydrogens is 190 g/mol. The average Bonchev–Trinajstić information content (AvgIpc) is 2.18. The van der Waals surface area contributed by atoms with Crippen LogP contribution < -0.4 is 11.1 Å². The van der Waals surface area contributed by atoms with Gasteiger partial charge in [0.25, 0.3) is 0 Å². The molecule has 0 radical (unpaired) electrons. The molecular formula is C11H17N3O. The van der Waals surface area contributed by atoms with Crippen molar-refractivity contribution in [2.24, 2.45) is 0 Å². The Morgan fingerprint density at radius 1 is 1.53 bits per heavy atom. The van der Waals surface area contributed by atoms with Crippen LogP contribution in [0.3, 0.4) is 0 Å². The van der Waals surface area contributed by atoms with E-state index in [1.165, 1.54) is 0 Å². The minimum atomic E-state index is -0.0695. The highest BCUT2D eigenvalue weighted by Crippen LogP contribution is 2.08. The summed E-state index contributed by atoms with van der Waals surface area (Å²) in [6, 6.07) is 7.47. The first-order valence-corrected chi connectivity index (χ1v) is 4.97. The lowest BCUT2D eigenvalue weighted by molar-refractivity contribution is 0.207. The molecule has 0 aliphatic carbocycles. The molecule has 2 amide bonds. The van der Waals surface area contributed by atoms with Crippen molar-refractivity contribution in [3.8, 4) is 0 Å². The molecule has 4 heteroatoms. The summed E-state index contributed by atoms with van der Waals surface area (Å²) < 4.78 is 0. The molecule has 0 heterocycles. The smallest absolute Gasteiger partial charge is 0.317 e. The number of nitrogen functional groups attached to an aromatic ring is 1. The molecule has 4 nitrogen and oxygen atoms in total. The van der Waals surface area contributed by atoms with E-state index >= 15 is 0 Å². The lowest BCUT2D eigenvalue weighted by atomic mass is 10.2. The van der Waals surface area contributed by atoms with Gasteiger partial charge in [0.15, 0.2) is 0 Å². The molecule has 0 saturated heterocycles. The maximum atomic E-state index is 11.4. The van der Waals surface area contributed by atoms with Crippen LogP contribution in [-0.2, 0) is 6.54 Å². The first-order valence-electron chi connectivity index (χ1n) is 4.97. The third-order valence-electron chi connectivity index (χ3n) is 2.05. The van der Waals surface area contributed by atoms with E-state index < -0.39 is 0 Å². The zero-order valence-corrected chi connectivity index (χ0v) is 9.16. The number of amides is 2. The molecule has 0 unspecified atom stereocenters. The second kappa shape index (κ2) is 5.24. The number of carbonyl (C=O) groups excluding carboxylic acids is 1. The second-order valence-electron chi connectivity index (χ2n) is 3.44. The predicted octanol–water partition coefficient (Wildman–Crippen LogP) is 1.43. The molecule has 82 valence electrons. The Labute approximate surface area is 90.1 Å². The molecule has 1 rings (SSSR count). The second-order valence-corrected chi connectivity index (χ2v) is 3.44. The van der Waals surface area contributed by atoms with Crippen molar-refractivity contribution in [2.45, 2.75) is 13.5 Å². The lowest BCUT2D eigenvalue weighted by Gasteiger charge is -2.17. The van der Waals surface area contributed by atoms with Crippen LogP contribution in [0.15, 0.2) is 24.3 Å². The van der Waals surface area contributed by atoms with Gasteiger partial charge in [-0.2, -0.15) is 0 Å². The number of nitrogens with zero attached hydrogens (tertiary/aromatic N) is 1. The molecule has 0 spiro atoms.